The molecule has 0 bridgehead atoms. The molecule has 116 valence electrons. The lowest BCUT2D eigenvalue weighted by molar-refractivity contribution is -0.138. The molecule has 0 spiro atoms. The predicted molar refractivity (Wildman–Crippen MR) is 77.3 cm³/mol. The second-order valence-electron chi connectivity index (χ2n) is 6.64. The second-order valence-corrected chi connectivity index (χ2v) is 6.64. The SMILES string of the molecule is CCC1(C)NC(C(C)C)N(CC2(OC)CCOC2)C1=O. The van der Waals surface area contributed by atoms with Crippen molar-refractivity contribution in [2.45, 2.75) is 57.8 Å². The summed E-state index contributed by atoms with van der Waals surface area (Å²) in [6.07, 6.45) is 1.71. The normalized spacial score (nSPS) is 38.2. The van der Waals surface area contributed by atoms with Crippen molar-refractivity contribution in [3.8, 4) is 0 Å². The smallest absolute Gasteiger partial charge is 0.243 e. The fraction of sp³-hybridized carbons (Fsp3) is 0.933. The predicted octanol–water partition coefficient (Wildman–Crippen LogP) is 1.37. The van der Waals surface area contributed by atoms with Crippen LogP contribution in [0.4, 0.5) is 0 Å². The van der Waals surface area contributed by atoms with Crippen LogP contribution in [0.5, 0.6) is 0 Å². The lowest BCUT2D eigenvalue weighted by Crippen LogP contribution is -2.51. The lowest BCUT2D eigenvalue weighted by Gasteiger charge is -2.35. The Labute approximate surface area is 122 Å². The van der Waals surface area contributed by atoms with Gasteiger partial charge < -0.3 is 14.4 Å². The van der Waals surface area contributed by atoms with E-state index in [1.807, 2.05) is 11.8 Å². The molecule has 1 N–H and O–H groups in total. The molecule has 1 amide bonds. The molecule has 2 aliphatic rings. The van der Waals surface area contributed by atoms with Gasteiger partial charge in [0.2, 0.25) is 5.91 Å². The van der Waals surface area contributed by atoms with Crippen LogP contribution in [-0.2, 0) is 14.3 Å². The van der Waals surface area contributed by atoms with Gasteiger partial charge in [-0.1, -0.05) is 20.8 Å². The minimum atomic E-state index is -0.455. The number of hydrogen-bond donors (Lipinski definition) is 1. The number of rotatable bonds is 5. The number of hydrogen-bond acceptors (Lipinski definition) is 4. The van der Waals surface area contributed by atoms with E-state index in [9.17, 15) is 4.79 Å². The lowest BCUT2D eigenvalue weighted by atomic mass is 9.98. The van der Waals surface area contributed by atoms with E-state index in [1.165, 1.54) is 0 Å². The van der Waals surface area contributed by atoms with Crippen molar-refractivity contribution < 1.29 is 14.3 Å². The topological polar surface area (TPSA) is 50.8 Å². The molecule has 5 heteroatoms. The molecule has 0 aromatic rings. The Kier molecular flexibility index (Phi) is 4.42. The molecule has 5 nitrogen and oxygen atoms in total. The van der Waals surface area contributed by atoms with E-state index in [-0.39, 0.29) is 17.7 Å². The molecule has 0 radical (unpaired) electrons. The van der Waals surface area contributed by atoms with Crippen LogP contribution in [0, 0.1) is 5.92 Å². The molecule has 3 atom stereocenters. The highest BCUT2D eigenvalue weighted by molar-refractivity contribution is 5.88. The third-order valence-electron chi connectivity index (χ3n) is 4.83. The quantitative estimate of drug-likeness (QED) is 0.828. The minimum Gasteiger partial charge on any atom is -0.378 e. The highest BCUT2D eigenvalue weighted by Crippen LogP contribution is 2.32. The average Bonchev–Trinajstić information content (AvgIpc) is 2.99. The van der Waals surface area contributed by atoms with Gasteiger partial charge >= 0.3 is 0 Å². The van der Waals surface area contributed by atoms with Crippen LogP contribution in [0.1, 0.15) is 40.5 Å². The molecule has 0 aromatic heterocycles. The molecule has 0 aliphatic carbocycles. The van der Waals surface area contributed by atoms with Gasteiger partial charge in [0.1, 0.15) is 5.60 Å². The van der Waals surface area contributed by atoms with Gasteiger partial charge in [0.15, 0.2) is 0 Å². The summed E-state index contributed by atoms with van der Waals surface area (Å²) in [6, 6.07) is 0. The molecule has 0 saturated carbocycles. The van der Waals surface area contributed by atoms with Gasteiger partial charge in [-0.05, 0) is 19.3 Å². The molecule has 2 aliphatic heterocycles. The Morgan fingerprint density at radius 2 is 2.25 bits per heavy atom. The van der Waals surface area contributed by atoms with Gasteiger partial charge in [-0.2, -0.15) is 0 Å². The maximum Gasteiger partial charge on any atom is 0.243 e. The summed E-state index contributed by atoms with van der Waals surface area (Å²) >= 11 is 0. The monoisotopic (exact) mass is 284 g/mol. The Hall–Kier alpha value is -0.650. The second kappa shape index (κ2) is 5.62. The zero-order valence-corrected chi connectivity index (χ0v) is 13.4. The summed E-state index contributed by atoms with van der Waals surface area (Å²) in [5, 5.41) is 3.51. The van der Waals surface area contributed by atoms with Crippen molar-refractivity contribution in [3.05, 3.63) is 0 Å². The largest absolute Gasteiger partial charge is 0.378 e. The number of carbonyl (C=O) groups is 1. The van der Waals surface area contributed by atoms with Gasteiger partial charge in [-0.15, -0.1) is 0 Å². The van der Waals surface area contributed by atoms with E-state index in [0.29, 0.717) is 25.7 Å². The third kappa shape index (κ3) is 2.59. The van der Waals surface area contributed by atoms with Crippen LogP contribution in [0.15, 0.2) is 0 Å². The first-order valence-electron chi connectivity index (χ1n) is 7.59. The first-order chi connectivity index (χ1) is 9.37. The fourth-order valence-electron chi connectivity index (χ4n) is 3.11. The molecule has 20 heavy (non-hydrogen) atoms. The van der Waals surface area contributed by atoms with Crippen LogP contribution < -0.4 is 5.32 Å². The van der Waals surface area contributed by atoms with Crippen LogP contribution in [-0.4, -0.2) is 55.0 Å². The number of nitrogens with one attached hydrogen (secondary N) is 1. The van der Waals surface area contributed by atoms with Gasteiger partial charge in [0, 0.05) is 20.1 Å². The van der Waals surface area contributed by atoms with Crippen molar-refractivity contribution in [3.63, 3.8) is 0 Å². The summed E-state index contributed by atoms with van der Waals surface area (Å²) in [4.78, 5) is 14.8. The summed E-state index contributed by atoms with van der Waals surface area (Å²) < 4.78 is 11.2. The van der Waals surface area contributed by atoms with Crippen molar-refractivity contribution in [1.29, 1.82) is 0 Å². The van der Waals surface area contributed by atoms with Gasteiger partial charge in [-0.3, -0.25) is 10.1 Å². The Balaban J connectivity index is 2.21. The zero-order chi connectivity index (χ0) is 15.0. The van der Waals surface area contributed by atoms with E-state index >= 15 is 0 Å². The maximum atomic E-state index is 12.8. The standard InChI is InChI=1S/C15H28N2O3/c1-6-14(4)13(18)17(12(16-14)11(2)3)9-15(19-5)7-8-20-10-15/h11-12,16H,6-10H2,1-5H3. The number of methoxy groups -OCH3 is 1. The number of ether oxygens (including phenoxy) is 2. The highest BCUT2D eigenvalue weighted by Gasteiger charge is 2.50. The minimum absolute atomic E-state index is 0.0695. The Bertz CT molecular complexity index is 366. The summed E-state index contributed by atoms with van der Waals surface area (Å²) in [7, 11) is 1.71. The Morgan fingerprint density at radius 1 is 1.55 bits per heavy atom. The number of nitrogens with zero attached hydrogens (tertiary/aromatic N) is 1. The van der Waals surface area contributed by atoms with Gasteiger partial charge in [-0.25, -0.2) is 0 Å². The first kappa shape index (κ1) is 15.7. The molecule has 2 saturated heterocycles. The van der Waals surface area contributed by atoms with Crippen molar-refractivity contribution >= 4 is 5.91 Å². The van der Waals surface area contributed by atoms with E-state index in [0.717, 1.165) is 12.8 Å². The van der Waals surface area contributed by atoms with Crippen LogP contribution in [0.2, 0.25) is 0 Å². The maximum absolute atomic E-state index is 12.8. The molecule has 3 unspecified atom stereocenters. The van der Waals surface area contributed by atoms with Crippen LogP contribution in [0.3, 0.4) is 0 Å². The Morgan fingerprint density at radius 3 is 2.70 bits per heavy atom. The van der Waals surface area contributed by atoms with Gasteiger partial charge in [0.25, 0.3) is 0 Å². The molecule has 2 fully saturated rings. The molecular weight excluding hydrogens is 256 g/mol. The van der Waals surface area contributed by atoms with E-state index < -0.39 is 5.54 Å². The highest BCUT2D eigenvalue weighted by atomic mass is 16.5. The van der Waals surface area contributed by atoms with Crippen LogP contribution >= 0.6 is 0 Å². The summed E-state index contributed by atoms with van der Waals surface area (Å²) in [6.45, 7) is 10.2. The summed E-state index contributed by atoms with van der Waals surface area (Å²) in [5.41, 5.74) is -0.799. The molecule has 2 rings (SSSR count). The van der Waals surface area contributed by atoms with Crippen molar-refractivity contribution in [2.24, 2.45) is 5.92 Å². The zero-order valence-electron chi connectivity index (χ0n) is 13.4. The number of carbonyl (C=O) groups excluding carboxylic acids is 1. The third-order valence-corrected chi connectivity index (χ3v) is 4.83. The van der Waals surface area contributed by atoms with E-state index in [4.69, 9.17) is 9.47 Å². The van der Waals surface area contributed by atoms with Crippen LogP contribution in [0.25, 0.3) is 0 Å². The molecule has 2 heterocycles. The van der Waals surface area contributed by atoms with Crippen molar-refractivity contribution in [2.75, 3.05) is 26.9 Å². The molecule has 0 aromatic carbocycles. The molecular formula is C15H28N2O3. The summed E-state index contributed by atoms with van der Waals surface area (Å²) in [5.74, 6) is 0.547. The van der Waals surface area contributed by atoms with E-state index in [1.54, 1.807) is 7.11 Å². The number of amides is 1. The van der Waals surface area contributed by atoms with Crippen molar-refractivity contribution in [1.82, 2.24) is 10.2 Å². The van der Waals surface area contributed by atoms with E-state index in [2.05, 4.69) is 26.1 Å². The average molecular weight is 284 g/mol. The fourth-order valence-corrected chi connectivity index (χ4v) is 3.11. The first-order valence-corrected chi connectivity index (χ1v) is 7.59. The van der Waals surface area contributed by atoms with Gasteiger partial charge in [0.05, 0.1) is 24.9 Å².